The van der Waals surface area contributed by atoms with E-state index in [1.54, 1.807) is 0 Å². The molecule has 4 aromatic rings. The molecule has 1 aliphatic heterocycles. The maximum absolute atomic E-state index is 6.89. The molecule has 0 atom stereocenters. The fourth-order valence-corrected chi connectivity index (χ4v) is 4.85. The monoisotopic (exact) mass is 440 g/mol. The highest BCUT2D eigenvalue weighted by Gasteiger charge is 2.28. The molecule has 0 spiro atoms. The summed E-state index contributed by atoms with van der Waals surface area (Å²) in [6, 6.07) is 19.0. The van der Waals surface area contributed by atoms with Gasteiger partial charge in [-0.2, -0.15) is 0 Å². The van der Waals surface area contributed by atoms with Crippen LogP contribution in [0, 0.1) is 13.8 Å². The van der Waals surface area contributed by atoms with E-state index in [1.165, 1.54) is 10.9 Å². The largest absolute Gasteiger partial charge is 0.438 e. The first kappa shape index (κ1) is 21.5. The standard InChI is InChI=1S/C28H32N4O/c1-4-9-22-14-15-30-27-24(22)25(31-18-16-29-17-19-31)28(32(27)23-12-6-5-7-13-23)33-26-20(2)10-8-11-21(26)3/h5-8,10-15,29H,4,9,16-19H2,1-3H3. The van der Waals surface area contributed by atoms with Crippen LogP contribution < -0.4 is 15.0 Å². The Balaban J connectivity index is 1.84. The number of rotatable bonds is 6. The van der Waals surface area contributed by atoms with E-state index in [1.807, 2.05) is 12.3 Å². The molecule has 1 aliphatic rings. The molecule has 170 valence electrons. The van der Waals surface area contributed by atoms with Gasteiger partial charge >= 0.3 is 0 Å². The van der Waals surface area contributed by atoms with Crippen LogP contribution in [0.15, 0.2) is 60.8 Å². The topological polar surface area (TPSA) is 42.3 Å². The highest BCUT2D eigenvalue weighted by molar-refractivity contribution is 5.99. The Morgan fingerprint density at radius 3 is 2.36 bits per heavy atom. The van der Waals surface area contributed by atoms with Gasteiger partial charge in [-0.15, -0.1) is 0 Å². The van der Waals surface area contributed by atoms with Gasteiger partial charge in [0.05, 0.1) is 11.1 Å². The van der Waals surface area contributed by atoms with Crippen molar-refractivity contribution in [2.24, 2.45) is 0 Å². The first-order chi connectivity index (χ1) is 16.2. The molecule has 1 fully saturated rings. The van der Waals surface area contributed by atoms with Gasteiger partial charge < -0.3 is 15.0 Å². The van der Waals surface area contributed by atoms with Crippen LogP contribution in [0.1, 0.15) is 30.0 Å². The number of pyridine rings is 1. The summed E-state index contributed by atoms with van der Waals surface area (Å²) in [6.45, 7) is 10.3. The molecule has 0 bridgehead atoms. The normalized spacial score (nSPS) is 14.1. The van der Waals surface area contributed by atoms with Gasteiger partial charge in [-0.25, -0.2) is 4.98 Å². The zero-order chi connectivity index (χ0) is 22.8. The van der Waals surface area contributed by atoms with Gasteiger partial charge in [0.2, 0.25) is 5.88 Å². The summed E-state index contributed by atoms with van der Waals surface area (Å²) >= 11 is 0. The lowest BCUT2D eigenvalue weighted by Crippen LogP contribution is -2.43. The lowest BCUT2D eigenvalue weighted by molar-refractivity contribution is 0.445. The van der Waals surface area contributed by atoms with E-state index in [9.17, 15) is 0 Å². The maximum Gasteiger partial charge on any atom is 0.230 e. The van der Waals surface area contributed by atoms with Crippen molar-refractivity contribution in [1.82, 2.24) is 14.9 Å². The van der Waals surface area contributed by atoms with Crippen LogP contribution in [0.3, 0.4) is 0 Å². The van der Waals surface area contributed by atoms with Crippen LogP contribution in [0.2, 0.25) is 0 Å². The lowest BCUT2D eigenvalue weighted by Gasteiger charge is -2.30. The summed E-state index contributed by atoms with van der Waals surface area (Å²) in [4.78, 5) is 7.38. The summed E-state index contributed by atoms with van der Waals surface area (Å²) in [5.74, 6) is 1.78. The van der Waals surface area contributed by atoms with Crippen LogP contribution >= 0.6 is 0 Å². The number of fused-ring (bicyclic) bond motifs is 1. The molecule has 3 heterocycles. The zero-order valence-electron chi connectivity index (χ0n) is 19.8. The first-order valence-electron chi connectivity index (χ1n) is 12.0. The van der Waals surface area contributed by atoms with E-state index >= 15 is 0 Å². The van der Waals surface area contributed by atoms with Crippen molar-refractivity contribution in [1.29, 1.82) is 0 Å². The minimum absolute atomic E-state index is 0.853. The molecule has 2 aromatic heterocycles. The second-order valence-electron chi connectivity index (χ2n) is 8.80. The third-order valence-electron chi connectivity index (χ3n) is 6.45. The van der Waals surface area contributed by atoms with Crippen molar-refractivity contribution in [3.8, 4) is 17.3 Å². The lowest BCUT2D eigenvalue weighted by atomic mass is 10.1. The number of nitrogens with zero attached hydrogens (tertiary/aromatic N) is 3. The smallest absolute Gasteiger partial charge is 0.230 e. The number of benzene rings is 2. The fourth-order valence-electron chi connectivity index (χ4n) is 4.85. The van der Waals surface area contributed by atoms with Gasteiger partial charge in [0.1, 0.15) is 17.1 Å². The van der Waals surface area contributed by atoms with Crippen molar-refractivity contribution in [3.05, 3.63) is 77.5 Å². The van der Waals surface area contributed by atoms with Gasteiger partial charge in [-0.1, -0.05) is 49.7 Å². The molecule has 33 heavy (non-hydrogen) atoms. The SMILES string of the molecule is CCCc1ccnc2c1c(N1CCNCC1)c(Oc1c(C)cccc1C)n2-c1ccccc1. The Hall–Kier alpha value is -3.31. The Labute approximate surface area is 196 Å². The van der Waals surface area contributed by atoms with E-state index in [-0.39, 0.29) is 0 Å². The van der Waals surface area contributed by atoms with Crippen molar-refractivity contribution in [3.63, 3.8) is 0 Å². The quantitative estimate of drug-likeness (QED) is 0.412. The van der Waals surface area contributed by atoms with E-state index in [0.29, 0.717) is 0 Å². The van der Waals surface area contributed by atoms with Crippen LogP contribution in [0.25, 0.3) is 16.7 Å². The van der Waals surface area contributed by atoms with Crippen molar-refractivity contribution < 1.29 is 4.74 Å². The van der Waals surface area contributed by atoms with Crippen LogP contribution in [0.5, 0.6) is 11.6 Å². The molecule has 5 heteroatoms. The van der Waals surface area contributed by atoms with Crippen LogP contribution in [0.4, 0.5) is 5.69 Å². The number of anilines is 1. The highest BCUT2D eigenvalue weighted by atomic mass is 16.5. The zero-order valence-corrected chi connectivity index (χ0v) is 19.8. The summed E-state index contributed by atoms with van der Waals surface area (Å²) in [5, 5.41) is 4.71. The highest BCUT2D eigenvalue weighted by Crippen LogP contribution is 2.45. The molecule has 5 rings (SSSR count). The molecule has 1 N–H and O–H groups in total. The molecule has 0 aliphatic carbocycles. The molecule has 0 saturated carbocycles. The maximum atomic E-state index is 6.89. The van der Waals surface area contributed by atoms with E-state index in [0.717, 1.165) is 78.8 Å². The van der Waals surface area contributed by atoms with E-state index < -0.39 is 0 Å². The van der Waals surface area contributed by atoms with Gasteiger partial charge in [-0.05, 0) is 55.2 Å². The van der Waals surface area contributed by atoms with Gasteiger partial charge in [0.25, 0.3) is 0 Å². The molecule has 0 unspecified atom stereocenters. The van der Waals surface area contributed by atoms with Gasteiger partial charge in [-0.3, -0.25) is 4.57 Å². The molecular formula is C28H32N4O. The molecule has 0 radical (unpaired) electrons. The number of nitrogens with one attached hydrogen (secondary N) is 1. The summed E-state index contributed by atoms with van der Waals surface area (Å²) in [7, 11) is 0. The van der Waals surface area contributed by atoms with Gasteiger partial charge in [0, 0.05) is 32.4 Å². The third kappa shape index (κ3) is 3.98. The second kappa shape index (κ2) is 9.28. The molecule has 0 amide bonds. The Morgan fingerprint density at radius 2 is 1.67 bits per heavy atom. The summed E-state index contributed by atoms with van der Waals surface area (Å²) < 4.78 is 9.09. The van der Waals surface area contributed by atoms with Crippen LogP contribution in [-0.4, -0.2) is 35.7 Å². The van der Waals surface area contributed by atoms with Crippen molar-refractivity contribution >= 4 is 16.7 Å². The van der Waals surface area contributed by atoms with E-state index in [2.05, 4.69) is 84.1 Å². The Kier molecular flexibility index (Phi) is 6.05. The molecule has 5 nitrogen and oxygen atoms in total. The molecule has 2 aromatic carbocycles. The second-order valence-corrected chi connectivity index (χ2v) is 8.80. The van der Waals surface area contributed by atoms with Crippen LogP contribution in [-0.2, 0) is 6.42 Å². The molecule has 1 saturated heterocycles. The first-order valence-corrected chi connectivity index (χ1v) is 12.0. The number of aryl methyl sites for hydroxylation is 3. The number of aromatic nitrogens is 2. The number of piperazine rings is 1. The summed E-state index contributed by atoms with van der Waals surface area (Å²) in [6.07, 6.45) is 4.04. The average Bonchev–Trinajstić information content (AvgIpc) is 3.17. The molecular weight excluding hydrogens is 408 g/mol. The third-order valence-corrected chi connectivity index (χ3v) is 6.45. The predicted molar refractivity (Wildman–Crippen MR) is 136 cm³/mol. The number of para-hydroxylation sites is 2. The summed E-state index contributed by atoms with van der Waals surface area (Å²) in [5.41, 5.74) is 6.78. The predicted octanol–water partition coefficient (Wildman–Crippen LogP) is 5.80. The fraction of sp³-hybridized carbons (Fsp3) is 0.321. The Bertz CT molecular complexity index is 1240. The van der Waals surface area contributed by atoms with Crippen molar-refractivity contribution in [2.45, 2.75) is 33.6 Å². The average molecular weight is 441 g/mol. The number of hydrogen-bond acceptors (Lipinski definition) is 4. The van der Waals surface area contributed by atoms with Crippen molar-refractivity contribution in [2.75, 3.05) is 31.1 Å². The number of ether oxygens (including phenoxy) is 1. The van der Waals surface area contributed by atoms with E-state index in [4.69, 9.17) is 9.72 Å². The number of hydrogen-bond donors (Lipinski definition) is 1. The van der Waals surface area contributed by atoms with Gasteiger partial charge in [0.15, 0.2) is 0 Å². The Morgan fingerprint density at radius 1 is 0.939 bits per heavy atom. The minimum atomic E-state index is 0.853. The minimum Gasteiger partial charge on any atom is -0.438 e.